The van der Waals surface area contributed by atoms with Crippen molar-refractivity contribution < 1.29 is 38.9 Å². The quantitative estimate of drug-likeness (QED) is 0.125. The van der Waals surface area contributed by atoms with Gasteiger partial charge in [-0.2, -0.15) is 0 Å². The number of aliphatic carboxylic acids is 2. The summed E-state index contributed by atoms with van der Waals surface area (Å²) in [5.41, 5.74) is 5.46. The maximum absolute atomic E-state index is 13.6. The lowest BCUT2D eigenvalue weighted by molar-refractivity contribution is -0.149. The number of nitrogens with two attached hydrogens (primary N) is 1. The van der Waals surface area contributed by atoms with E-state index in [1.807, 2.05) is 13.8 Å². The van der Waals surface area contributed by atoms with Crippen LogP contribution in [0.15, 0.2) is 0 Å². The summed E-state index contributed by atoms with van der Waals surface area (Å²) in [6.07, 6.45) is 2.36. The van der Waals surface area contributed by atoms with Gasteiger partial charge in [0.1, 0.15) is 12.1 Å². The molecule has 0 spiro atoms. The first-order valence-electron chi connectivity index (χ1n) is 13.7. The van der Waals surface area contributed by atoms with Gasteiger partial charge in [0.05, 0.1) is 24.6 Å². The van der Waals surface area contributed by atoms with Gasteiger partial charge in [0, 0.05) is 20.1 Å². The zero-order valence-electron chi connectivity index (χ0n) is 23.6. The number of likely N-dealkylation sites (tertiary alicyclic amines) is 1. The fourth-order valence-electron chi connectivity index (χ4n) is 4.88. The summed E-state index contributed by atoms with van der Waals surface area (Å²) in [7, 11) is 3.13. The highest BCUT2D eigenvalue weighted by Gasteiger charge is 2.39. The van der Waals surface area contributed by atoms with Crippen molar-refractivity contribution in [2.24, 2.45) is 11.7 Å². The van der Waals surface area contributed by atoms with E-state index in [1.165, 1.54) is 12.0 Å². The molecule has 224 valence electrons. The molecule has 5 atom stereocenters. The standard InChI is InChI=1S/C26H47N5O8/c1-16(2)14-18(28-3)24(35)30-19(15-23(33)34)25(36)31-13-7-9-21(39-4)20(31)10-11-22(32)29-17(26(37)38)8-5-6-12-27/h16-21,28H,5-15,27H2,1-4H3,(H,29,32)(H,30,35)(H,33,34)(H,37,38)/t17-,18+,19-,20+,21+/m0/s1. The number of piperidine rings is 1. The number of unbranched alkanes of at least 4 members (excludes halogenated alkanes) is 1. The van der Waals surface area contributed by atoms with Crippen molar-refractivity contribution >= 4 is 29.7 Å². The van der Waals surface area contributed by atoms with Crippen LogP contribution in [0.4, 0.5) is 0 Å². The summed E-state index contributed by atoms with van der Waals surface area (Å²) in [5.74, 6) is -3.65. The zero-order chi connectivity index (χ0) is 29.5. The van der Waals surface area contributed by atoms with Crippen LogP contribution in [-0.2, 0) is 28.7 Å². The van der Waals surface area contributed by atoms with Crippen molar-refractivity contribution in [3.05, 3.63) is 0 Å². The highest BCUT2D eigenvalue weighted by Crippen LogP contribution is 2.25. The monoisotopic (exact) mass is 557 g/mol. The second kappa shape index (κ2) is 17.7. The van der Waals surface area contributed by atoms with Crippen molar-refractivity contribution in [1.82, 2.24) is 20.9 Å². The molecule has 13 heteroatoms. The summed E-state index contributed by atoms with van der Waals surface area (Å²) < 4.78 is 5.60. The molecule has 1 heterocycles. The van der Waals surface area contributed by atoms with Crippen LogP contribution in [0.5, 0.6) is 0 Å². The third-order valence-corrected chi connectivity index (χ3v) is 6.92. The van der Waals surface area contributed by atoms with Gasteiger partial charge in [-0.1, -0.05) is 13.8 Å². The summed E-state index contributed by atoms with van der Waals surface area (Å²) in [5, 5.41) is 27.0. The minimum Gasteiger partial charge on any atom is -0.481 e. The number of rotatable bonds is 18. The van der Waals surface area contributed by atoms with Gasteiger partial charge in [-0.05, 0) is 64.5 Å². The van der Waals surface area contributed by atoms with E-state index in [1.54, 1.807) is 7.05 Å². The van der Waals surface area contributed by atoms with Crippen LogP contribution in [-0.4, -0.2) is 102 Å². The molecule has 0 aromatic rings. The Morgan fingerprint density at radius 2 is 1.74 bits per heavy atom. The molecule has 0 aliphatic carbocycles. The molecule has 0 bridgehead atoms. The first-order valence-corrected chi connectivity index (χ1v) is 13.7. The number of hydrogen-bond acceptors (Lipinski definition) is 8. The Morgan fingerprint density at radius 1 is 1.05 bits per heavy atom. The van der Waals surface area contributed by atoms with Crippen molar-refractivity contribution in [2.45, 2.75) is 102 Å². The lowest BCUT2D eigenvalue weighted by Crippen LogP contribution is -2.59. The third-order valence-electron chi connectivity index (χ3n) is 6.92. The Labute approximate surface area is 230 Å². The number of ether oxygens (including phenoxy) is 1. The summed E-state index contributed by atoms with van der Waals surface area (Å²) in [4.78, 5) is 63.8. The average Bonchev–Trinajstić information content (AvgIpc) is 2.88. The van der Waals surface area contributed by atoms with E-state index < -0.39 is 66.4 Å². The molecule has 39 heavy (non-hydrogen) atoms. The molecule has 1 aliphatic heterocycles. The van der Waals surface area contributed by atoms with Gasteiger partial charge in [0.15, 0.2) is 0 Å². The Bertz CT molecular complexity index is 824. The number of carbonyl (C=O) groups is 5. The van der Waals surface area contributed by atoms with E-state index in [0.717, 1.165) is 0 Å². The second-order valence-electron chi connectivity index (χ2n) is 10.4. The fraction of sp³-hybridized carbons (Fsp3) is 0.808. The van der Waals surface area contributed by atoms with Gasteiger partial charge in [-0.3, -0.25) is 19.2 Å². The number of likely N-dealkylation sites (N-methyl/N-ethyl adjacent to an activating group) is 1. The molecule has 1 saturated heterocycles. The Kier molecular flexibility index (Phi) is 15.6. The van der Waals surface area contributed by atoms with Gasteiger partial charge in [-0.25, -0.2) is 4.79 Å². The highest BCUT2D eigenvalue weighted by molar-refractivity contribution is 5.92. The first kappa shape index (κ1) is 34.3. The van der Waals surface area contributed by atoms with Gasteiger partial charge in [-0.15, -0.1) is 0 Å². The van der Waals surface area contributed by atoms with Crippen LogP contribution < -0.4 is 21.7 Å². The zero-order valence-corrected chi connectivity index (χ0v) is 23.6. The predicted molar refractivity (Wildman–Crippen MR) is 144 cm³/mol. The topological polar surface area (TPSA) is 200 Å². The van der Waals surface area contributed by atoms with E-state index >= 15 is 0 Å². The molecule has 1 rings (SSSR count). The number of carboxylic acid groups (broad SMARTS) is 2. The molecule has 0 saturated carbocycles. The van der Waals surface area contributed by atoms with Crippen LogP contribution in [0.3, 0.4) is 0 Å². The number of methoxy groups -OCH3 is 1. The normalized spacial score (nSPS) is 19.7. The van der Waals surface area contributed by atoms with Crippen LogP contribution in [0.2, 0.25) is 0 Å². The number of carboxylic acids is 2. The van der Waals surface area contributed by atoms with E-state index in [9.17, 15) is 34.2 Å². The lowest BCUT2D eigenvalue weighted by Gasteiger charge is -2.42. The van der Waals surface area contributed by atoms with Crippen LogP contribution in [0.1, 0.15) is 71.6 Å². The molecule has 13 nitrogen and oxygen atoms in total. The molecule has 0 aromatic carbocycles. The largest absolute Gasteiger partial charge is 0.481 e. The maximum Gasteiger partial charge on any atom is 0.326 e. The summed E-state index contributed by atoms with van der Waals surface area (Å²) in [6, 6.07) is -3.46. The highest BCUT2D eigenvalue weighted by atomic mass is 16.5. The second-order valence-corrected chi connectivity index (χ2v) is 10.4. The Hall–Kier alpha value is -2.77. The van der Waals surface area contributed by atoms with Crippen LogP contribution in [0, 0.1) is 5.92 Å². The van der Waals surface area contributed by atoms with E-state index in [0.29, 0.717) is 45.2 Å². The summed E-state index contributed by atoms with van der Waals surface area (Å²) >= 11 is 0. The molecule has 3 amide bonds. The fourth-order valence-corrected chi connectivity index (χ4v) is 4.88. The van der Waals surface area contributed by atoms with Crippen LogP contribution in [0.25, 0.3) is 0 Å². The number of carbonyl (C=O) groups excluding carboxylic acids is 3. The van der Waals surface area contributed by atoms with Crippen molar-refractivity contribution in [3.63, 3.8) is 0 Å². The Morgan fingerprint density at radius 3 is 2.28 bits per heavy atom. The molecule has 1 fully saturated rings. The minimum atomic E-state index is -1.29. The van der Waals surface area contributed by atoms with Gasteiger partial charge < -0.3 is 41.5 Å². The van der Waals surface area contributed by atoms with Crippen molar-refractivity contribution in [1.29, 1.82) is 0 Å². The number of amides is 3. The smallest absolute Gasteiger partial charge is 0.326 e. The third kappa shape index (κ3) is 11.9. The average molecular weight is 558 g/mol. The van der Waals surface area contributed by atoms with Gasteiger partial charge in [0.2, 0.25) is 17.7 Å². The molecular weight excluding hydrogens is 510 g/mol. The molecule has 1 aliphatic rings. The molecule has 0 unspecified atom stereocenters. The van der Waals surface area contributed by atoms with E-state index in [2.05, 4.69) is 16.0 Å². The van der Waals surface area contributed by atoms with Crippen LogP contribution >= 0.6 is 0 Å². The van der Waals surface area contributed by atoms with Crippen molar-refractivity contribution in [3.8, 4) is 0 Å². The molecule has 0 radical (unpaired) electrons. The molecule has 7 N–H and O–H groups in total. The summed E-state index contributed by atoms with van der Waals surface area (Å²) in [6.45, 7) is 4.65. The maximum atomic E-state index is 13.6. The molecule has 0 aromatic heterocycles. The predicted octanol–water partition coefficient (Wildman–Crippen LogP) is 0.0646. The SMILES string of the molecule is CN[C@H](CC(C)C)C(=O)N[C@@H](CC(=O)O)C(=O)N1CCC[C@@H](OC)[C@H]1CCC(=O)N[C@@H](CCCCN)C(=O)O. The number of nitrogens with one attached hydrogen (secondary N) is 3. The van der Waals surface area contributed by atoms with E-state index in [-0.39, 0.29) is 25.2 Å². The minimum absolute atomic E-state index is 0.0544. The number of nitrogens with zero attached hydrogens (tertiary/aromatic N) is 1. The molecular formula is C26H47N5O8. The van der Waals surface area contributed by atoms with Crippen molar-refractivity contribution in [2.75, 3.05) is 27.2 Å². The van der Waals surface area contributed by atoms with E-state index in [4.69, 9.17) is 10.5 Å². The van der Waals surface area contributed by atoms with Gasteiger partial charge >= 0.3 is 11.9 Å². The van der Waals surface area contributed by atoms with Gasteiger partial charge in [0.25, 0.3) is 0 Å². The Balaban J connectivity index is 3.01. The first-order chi connectivity index (χ1) is 18.4. The lowest BCUT2D eigenvalue weighted by atomic mass is 9.93. The number of hydrogen-bond donors (Lipinski definition) is 6.